The average molecular weight is 498 g/mol. The number of benzene rings is 2. The third-order valence-corrected chi connectivity index (χ3v) is 6.93. The second-order valence-electron chi connectivity index (χ2n) is 8.46. The van der Waals surface area contributed by atoms with E-state index in [1.54, 1.807) is 49.1 Å². The second kappa shape index (κ2) is 9.90. The molecule has 1 aliphatic heterocycles. The van der Waals surface area contributed by atoms with E-state index in [9.17, 15) is 14.4 Å². The monoisotopic (exact) mass is 497 g/mol. The van der Waals surface area contributed by atoms with Crippen molar-refractivity contribution < 1.29 is 14.4 Å². The molecule has 1 fully saturated rings. The predicted octanol–water partition coefficient (Wildman–Crippen LogP) is 4.87. The van der Waals surface area contributed by atoms with Crippen LogP contribution >= 0.6 is 22.9 Å². The van der Waals surface area contributed by atoms with Crippen LogP contribution < -0.4 is 15.5 Å². The van der Waals surface area contributed by atoms with Crippen LogP contribution in [-0.4, -0.2) is 34.5 Å². The van der Waals surface area contributed by atoms with Gasteiger partial charge in [-0.1, -0.05) is 48.9 Å². The Hall–Kier alpha value is -3.30. The quantitative estimate of drug-likeness (QED) is 0.505. The summed E-state index contributed by atoms with van der Waals surface area (Å²) in [6.45, 7) is 5.98. The van der Waals surface area contributed by atoms with Crippen LogP contribution in [0.4, 0.5) is 16.5 Å². The number of carbonyl (C=O) groups is 3. The molecule has 10 heteroatoms. The van der Waals surface area contributed by atoms with Crippen LogP contribution in [0.1, 0.15) is 47.1 Å². The van der Waals surface area contributed by atoms with E-state index in [-0.39, 0.29) is 29.6 Å². The second-order valence-corrected chi connectivity index (χ2v) is 9.88. The summed E-state index contributed by atoms with van der Waals surface area (Å²) in [7, 11) is 0. The van der Waals surface area contributed by atoms with Gasteiger partial charge in [-0.2, -0.15) is 0 Å². The Morgan fingerprint density at radius 1 is 1.15 bits per heavy atom. The van der Waals surface area contributed by atoms with Gasteiger partial charge in [0.15, 0.2) is 0 Å². The van der Waals surface area contributed by atoms with Gasteiger partial charge in [-0.15, -0.1) is 10.2 Å². The molecular weight excluding hydrogens is 474 g/mol. The molecule has 8 nitrogen and oxygen atoms in total. The minimum Gasteiger partial charge on any atom is -0.326 e. The van der Waals surface area contributed by atoms with Crippen LogP contribution in [0, 0.1) is 12.8 Å². The highest BCUT2D eigenvalue weighted by Gasteiger charge is 2.34. The maximum absolute atomic E-state index is 12.7. The number of aromatic nitrogens is 2. The molecule has 0 radical (unpaired) electrons. The number of hydrogen-bond acceptors (Lipinski definition) is 6. The average Bonchev–Trinajstić information content (AvgIpc) is 3.42. The third kappa shape index (κ3) is 5.26. The molecule has 1 atom stereocenters. The topological polar surface area (TPSA) is 104 Å². The van der Waals surface area contributed by atoms with E-state index in [0.717, 1.165) is 11.3 Å². The van der Waals surface area contributed by atoms with Crippen LogP contribution in [0.25, 0.3) is 0 Å². The molecule has 176 valence electrons. The van der Waals surface area contributed by atoms with E-state index < -0.39 is 0 Å². The molecule has 34 heavy (non-hydrogen) atoms. The molecule has 0 bridgehead atoms. The fourth-order valence-electron chi connectivity index (χ4n) is 3.52. The molecule has 0 spiro atoms. The summed E-state index contributed by atoms with van der Waals surface area (Å²) in [6.07, 6.45) is 0.311. The van der Waals surface area contributed by atoms with Gasteiger partial charge in [0.2, 0.25) is 16.9 Å². The number of halogens is 1. The predicted molar refractivity (Wildman–Crippen MR) is 134 cm³/mol. The molecule has 2 aromatic carbocycles. The van der Waals surface area contributed by atoms with Crippen LogP contribution in [0.2, 0.25) is 5.02 Å². The highest BCUT2D eigenvalue weighted by Crippen LogP contribution is 2.35. The number of anilines is 3. The summed E-state index contributed by atoms with van der Waals surface area (Å²) in [4.78, 5) is 38.9. The van der Waals surface area contributed by atoms with E-state index in [0.29, 0.717) is 39.4 Å². The van der Waals surface area contributed by atoms with Crippen molar-refractivity contribution in [3.05, 3.63) is 63.6 Å². The van der Waals surface area contributed by atoms with E-state index in [2.05, 4.69) is 20.8 Å². The van der Waals surface area contributed by atoms with Crippen molar-refractivity contribution in [2.75, 3.05) is 22.1 Å². The zero-order valence-electron chi connectivity index (χ0n) is 19.0. The number of nitrogens with zero attached hydrogens (tertiary/aromatic N) is 3. The van der Waals surface area contributed by atoms with Crippen molar-refractivity contribution in [3.8, 4) is 0 Å². The Labute approximate surface area is 206 Å². The Morgan fingerprint density at radius 3 is 2.68 bits per heavy atom. The highest BCUT2D eigenvalue weighted by atomic mass is 35.5. The van der Waals surface area contributed by atoms with Gasteiger partial charge in [0, 0.05) is 46.8 Å². The van der Waals surface area contributed by atoms with Crippen molar-refractivity contribution >= 4 is 57.2 Å². The normalized spacial score (nSPS) is 15.6. The minimum absolute atomic E-state index is 0.00837. The Balaban J connectivity index is 1.42. The van der Waals surface area contributed by atoms with Crippen LogP contribution in [0.5, 0.6) is 0 Å². The number of hydrogen-bond donors (Lipinski definition) is 2. The smallest absolute Gasteiger partial charge is 0.257 e. The number of nitrogens with one attached hydrogen (secondary N) is 2. The van der Waals surface area contributed by atoms with Crippen LogP contribution in [-0.2, 0) is 9.59 Å². The van der Waals surface area contributed by atoms with Crippen molar-refractivity contribution in [3.63, 3.8) is 0 Å². The lowest BCUT2D eigenvalue weighted by atomic mass is 10.1. The molecule has 2 heterocycles. The van der Waals surface area contributed by atoms with Crippen molar-refractivity contribution in [1.82, 2.24) is 10.2 Å². The number of aryl methyl sites for hydroxylation is 1. The molecule has 0 saturated carbocycles. The van der Waals surface area contributed by atoms with Crippen molar-refractivity contribution in [2.45, 2.75) is 33.1 Å². The Bertz CT molecular complexity index is 1260. The Kier molecular flexibility index (Phi) is 6.95. The van der Waals surface area contributed by atoms with Gasteiger partial charge in [-0.25, -0.2) is 0 Å². The van der Waals surface area contributed by atoms with Crippen molar-refractivity contribution in [2.24, 2.45) is 5.92 Å². The summed E-state index contributed by atoms with van der Waals surface area (Å²) in [6, 6.07) is 12.3. The van der Waals surface area contributed by atoms with Gasteiger partial charge < -0.3 is 10.2 Å². The fourth-order valence-corrected chi connectivity index (χ4v) is 4.52. The molecule has 1 aliphatic rings. The maximum Gasteiger partial charge on any atom is 0.257 e. The lowest BCUT2D eigenvalue weighted by Gasteiger charge is -2.17. The summed E-state index contributed by atoms with van der Waals surface area (Å²) in [5.41, 5.74) is 2.64. The molecule has 3 amide bonds. The zero-order valence-corrected chi connectivity index (χ0v) is 20.5. The van der Waals surface area contributed by atoms with Gasteiger partial charge in [-0.3, -0.25) is 19.7 Å². The van der Waals surface area contributed by atoms with Gasteiger partial charge in [0.25, 0.3) is 5.91 Å². The van der Waals surface area contributed by atoms with E-state index in [4.69, 9.17) is 11.6 Å². The molecule has 3 aromatic rings. The summed E-state index contributed by atoms with van der Waals surface area (Å²) in [5, 5.41) is 15.5. The SMILES string of the molecule is Cc1ccc(N2C[C@H](c3nnc(NC(=O)c4cccc(NC(=O)C(C)C)c4)s3)CC2=O)cc1Cl. The van der Waals surface area contributed by atoms with E-state index >= 15 is 0 Å². The first-order valence-electron chi connectivity index (χ1n) is 10.8. The van der Waals surface area contributed by atoms with Crippen molar-refractivity contribution in [1.29, 1.82) is 0 Å². The standard InChI is InChI=1S/C24H24ClN5O3S/c1-13(2)21(32)26-17-6-4-5-15(9-17)22(33)27-24-29-28-23(34-24)16-10-20(31)30(12-16)18-8-7-14(3)19(25)11-18/h4-9,11,13,16H,10,12H2,1-3H3,(H,26,32)(H,27,29,33)/t16-/m1/s1. The number of carbonyl (C=O) groups excluding carboxylic acids is 3. The summed E-state index contributed by atoms with van der Waals surface area (Å²) >= 11 is 7.47. The zero-order chi connectivity index (χ0) is 24.4. The maximum atomic E-state index is 12.7. The van der Waals surface area contributed by atoms with Crippen LogP contribution in [0.15, 0.2) is 42.5 Å². The van der Waals surface area contributed by atoms with Gasteiger partial charge in [0.05, 0.1) is 0 Å². The largest absolute Gasteiger partial charge is 0.326 e. The first kappa shape index (κ1) is 23.8. The number of amides is 3. The highest BCUT2D eigenvalue weighted by molar-refractivity contribution is 7.15. The first-order valence-corrected chi connectivity index (χ1v) is 12.0. The molecular formula is C24H24ClN5O3S. The first-order chi connectivity index (χ1) is 16.2. The van der Waals surface area contributed by atoms with Gasteiger partial charge in [0.1, 0.15) is 5.01 Å². The Morgan fingerprint density at radius 2 is 1.94 bits per heavy atom. The molecule has 1 aromatic heterocycles. The molecule has 0 aliphatic carbocycles. The van der Waals surface area contributed by atoms with Crippen LogP contribution in [0.3, 0.4) is 0 Å². The van der Waals surface area contributed by atoms with E-state index in [1.807, 2.05) is 19.1 Å². The number of rotatable bonds is 6. The molecule has 0 unspecified atom stereocenters. The molecule has 1 saturated heterocycles. The lowest BCUT2D eigenvalue weighted by Crippen LogP contribution is -2.24. The fraction of sp³-hybridized carbons (Fsp3) is 0.292. The van der Waals surface area contributed by atoms with E-state index in [1.165, 1.54) is 11.3 Å². The molecule has 2 N–H and O–H groups in total. The van der Waals surface area contributed by atoms with Gasteiger partial charge in [-0.05, 0) is 42.8 Å². The minimum atomic E-state index is -0.359. The summed E-state index contributed by atoms with van der Waals surface area (Å²) < 4.78 is 0. The third-order valence-electron chi connectivity index (χ3n) is 5.52. The lowest BCUT2D eigenvalue weighted by molar-refractivity contribution is -0.119. The van der Waals surface area contributed by atoms with Gasteiger partial charge >= 0.3 is 0 Å². The molecule has 4 rings (SSSR count). The summed E-state index contributed by atoms with van der Waals surface area (Å²) in [5.74, 6) is -0.781.